The molecule has 0 unspecified atom stereocenters. The highest BCUT2D eigenvalue weighted by molar-refractivity contribution is 5.62. The van der Waals surface area contributed by atoms with Gasteiger partial charge >= 0.3 is 0 Å². The molecule has 3 heteroatoms. The van der Waals surface area contributed by atoms with E-state index in [9.17, 15) is 4.79 Å². The maximum Gasteiger partial charge on any atom is 0.279 e. The van der Waals surface area contributed by atoms with Gasteiger partial charge in [-0.25, -0.2) is 4.68 Å². The van der Waals surface area contributed by atoms with Crippen LogP contribution in [0.2, 0.25) is 0 Å². The fourth-order valence-corrected chi connectivity index (χ4v) is 2.27. The average molecular weight is 264 g/mol. The monoisotopic (exact) mass is 264 g/mol. The second-order valence-corrected chi connectivity index (χ2v) is 5.03. The van der Waals surface area contributed by atoms with E-state index in [1.807, 2.05) is 62.4 Å². The molecule has 0 fully saturated rings. The molecule has 20 heavy (non-hydrogen) atoms. The quantitative estimate of drug-likeness (QED) is 0.756. The molecule has 1 N–H and O–H groups in total. The lowest BCUT2D eigenvalue weighted by atomic mass is 10.1. The number of hydrogen-bond acceptors (Lipinski definition) is 1. The summed E-state index contributed by atoms with van der Waals surface area (Å²) in [6.07, 6.45) is 1.76. The predicted octanol–water partition coefficient (Wildman–Crippen LogP) is 3.45. The van der Waals surface area contributed by atoms with Crippen LogP contribution in [-0.2, 0) is 0 Å². The molecule has 1 heterocycles. The minimum Gasteiger partial charge on any atom is -0.298 e. The van der Waals surface area contributed by atoms with Gasteiger partial charge in [-0.1, -0.05) is 42.0 Å². The van der Waals surface area contributed by atoms with Gasteiger partial charge in [-0.2, -0.15) is 0 Å². The van der Waals surface area contributed by atoms with Crippen LogP contribution in [0.25, 0.3) is 16.8 Å². The molecule has 0 aliphatic carbocycles. The molecule has 3 aromatic rings. The smallest absolute Gasteiger partial charge is 0.279 e. The molecule has 100 valence electrons. The first-order valence-electron chi connectivity index (χ1n) is 6.60. The van der Waals surface area contributed by atoms with Crippen LogP contribution < -0.4 is 5.56 Å². The summed E-state index contributed by atoms with van der Waals surface area (Å²) in [5, 5.41) is 3.03. The molecule has 0 amide bonds. The first-order chi connectivity index (χ1) is 9.65. The number of benzene rings is 2. The molecule has 3 nitrogen and oxygen atoms in total. The molecular weight excluding hydrogens is 248 g/mol. The number of aryl methyl sites for hydroxylation is 2. The largest absolute Gasteiger partial charge is 0.298 e. The summed E-state index contributed by atoms with van der Waals surface area (Å²) >= 11 is 0. The molecule has 0 saturated carbocycles. The van der Waals surface area contributed by atoms with Crippen LogP contribution in [-0.4, -0.2) is 9.78 Å². The first kappa shape index (κ1) is 12.5. The van der Waals surface area contributed by atoms with E-state index in [0.717, 1.165) is 16.8 Å². The SMILES string of the molecule is Cc1ccc(-c2c[nH]n(-c3cccc(C)c3)c2=O)cc1. The lowest BCUT2D eigenvalue weighted by Gasteiger charge is -2.02. The van der Waals surface area contributed by atoms with Crippen molar-refractivity contribution in [3.05, 3.63) is 76.2 Å². The van der Waals surface area contributed by atoms with E-state index in [2.05, 4.69) is 5.10 Å². The van der Waals surface area contributed by atoms with Crippen LogP contribution >= 0.6 is 0 Å². The van der Waals surface area contributed by atoms with Crippen LogP contribution in [0.3, 0.4) is 0 Å². The van der Waals surface area contributed by atoms with E-state index in [-0.39, 0.29) is 5.56 Å². The van der Waals surface area contributed by atoms with Gasteiger partial charge in [0.05, 0.1) is 11.3 Å². The number of nitrogens with zero attached hydrogens (tertiary/aromatic N) is 1. The molecule has 0 bridgehead atoms. The predicted molar refractivity (Wildman–Crippen MR) is 81.3 cm³/mol. The Morgan fingerprint density at radius 3 is 2.40 bits per heavy atom. The van der Waals surface area contributed by atoms with Crippen LogP contribution in [0, 0.1) is 13.8 Å². The Morgan fingerprint density at radius 1 is 0.950 bits per heavy atom. The van der Waals surface area contributed by atoms with Crippen LogP contribution in [0.1, 0.15) is 11.1 Å². The highest BCUT2D eigenvalue weighted by atomic mass is 16.1. The molecule has 3 rings (SSSR count). The van der Waals surface area contributed by atoms with Gasteiger partial charge < -0.3 is 0 Å². The van der Waals surface area contributed by atoms with Gasteiger partial charge in [-0.05, 0) is 37.1 Å². The van der Waals surface area contributed by atoms with E-state index < -0.39 is 0 Å². The van der Waals surface area contributed by atoms with Gasteiger partial charge in [0.1, 0.15) is 0 Å². The highest BCUT2D eigenvalue weighted by Gasteiger charge is 2.09. The van der Waals surface area contributed by atoms with Crippen molar-refractivity contribution in [3.8, 4) is 16.8 Å². The maximum atomic E-state index is 12.5. The number of aromatic nitrogens is 2. The minimum atomic E-state index is -0.0283. The fraction of sp³-hybridized carbons (Fsp3) is 0.118. The number of H-pyrrole nitrogens is 1. The second kappa shape index (κ2) is 4.85. The summed E-state index contributed by atoms with van der Waals surface area (Å²) in [6.45, 7) is 4.05. The van der Waals surface area contributed by atoms with E-state index in [0.29, 0.717) is 5.56 Å². The summed E-state index contributed by atoms with van der Waals surface area (Å²) in [5.41, 5.74) is 4.76. The van der Waals surface area contributed by atoms with Crippen molar-refractivity contribution in [1.82, 2.24) is 9.78 Å². The van der Waals surface area contributed by atoms with Crippen molar-refractivity contribution >= 4 is 0 Å². The minimum absolute atomic E-state index is 0.0283. The summed E-state index contributed by atoms with van der Waals surface area (Å²) < 4.78 is 1.57. The van der Waals surface area contributed by atoms with Crippen molar-refractivity contribution in [3.63, 3.8) is 0 Å². The third-order valence-electron chi connectivity index (χ3n) is 3.39. The van der Waals surface area contributed by atoms with Crippen molar-refractivity contribution in [1.29, 1.82) is 0 Å². The summed E-state index contributed by atoms with van der Waals surface area (Å²) in [6, 6.07) is 15.8. The van der Waals surface area contributed by atoms with E-state index in [1.54, 1.807) is 10.9 Å². The Bertz CT molecular complexity index is 794. The summed E-state index contributed by atoms with van der Waals surface area (Å²) in [4.78, 5) is 12.5. The van der Waals surface area contributed by atoms with Crippen LogP contribution in [0.4, 0.5) is 0 Å². The Kier molecular flexibility index (Phi) is 3.03. The molecule has 0 radical (unpaired) electrons. The fourth-order valence-electron chi connectivity index (χ4n) is 2.27. The van der Waals surface area contributed by atoms with Gasteiger partial charge in [-0.3, -0.25) is 9.89 Å². The maximum absolute atomic E-state index is 12.5. The van der Waals surface area contributed by atoms with E-state index in [4.69, 9.17) is 0 Å². The molecular formula is C17H16N2O. The molecule has 2 aromatic carbocycles. The summed E-state index contributed by atoms with van der Waals surface area (Å²) in [7, 11) is 0. The van der Waals surface area contributed by atoms with E-state index in [1.165, 1.54) is 5.56 Å². The third-order valence-corrected chi connectivity index (χ3v) is 3.39. The molecule has 0 spiro atoms. The van der Waals surface area contributed by atoms with Crippen LogP contribution in [0.5, 0.6) is 0 Å². The van der Waals surface area contributed by atoms with Gasteiger partial charge in [0, 0.05) is 6.20 Å². The lowest BCUT2D eigenvalue weighted by Crippen LogP contribution is -2.15. The van der Waals surface area contributed by atoms with Gasteiger partial charge in [0.25, 0.3) is 5.56 Å². The van der Waals surface area contributed by atoms with Gasteiger partial charge in [0.2, 0.25) is 0 Å². The van der Waals surface area contributed by atoms with E-state index >= 15 is 0 Å². The molecule has 0 aliphatic rings. The number of hydrogen-bond donors (Lipinski definition) is 1. The zero-order chi connectivity index (χ0) is 14.1. The van der Waals surface area contributed by atoms with Crippen molar-refractivity contribution < 1.29 is 0 Å². The zero-order valence-electron chi connectivity index (χ0n) is 11.6. The highest BCUT2D eigenvalue weighted by Crippen LogP contribution is 2.16. The Balaban J connectivity index is 2.09. The van der Waals surface area contributed by atoms with Gasteiger partial charge in [-0.15, -0.1) is 0 Å². The molecule has 1 aromatic heterocycles. The second-order valence-electron chi connectivity index (χ2n) is 5.03. The number of nitrogens with one attached hydrogen (secondary N) is 1. The van der Waals surface area contributed by atoms with Crippen molar-refractivity contribution in [2.75, 3.05) is 0 Å². The number of rotatable bonds is 2. The third kappa shape index (κ3) is 2.18. The van der Waals surface area contributed by atoms with Crippen molar-refractivity contribution in [2.45, 2.75) is 13.8 Å². The molecule has 0 atom stereocenters. The summed E-state index contributed by atoms with van der Waals surface area (Å²) in [5.74, 6) is 0. The lowest BCUT2D eigenvalue weighted by molar-refractivity contribution is 0.848. The topological polar surface area (TPSA) is 37.8 Å². The average Bonchev–Trinajstić information content (AvgIpc) is 2.82. The number of aromatic amines is 1. The Morgan fingerprint density at radius 2 is 1.70 bits per heavy atom. The first-order valence-corrected chi connectivity index (χ1v) is 6.60. The molecule has 0 aliphatic heterocycles. The normalized spacial score (nSPS) is 10.7. The standard InChI is InChI=1S/C17H16N2O/c1-12-6-8-14(9-7-12)16-11-18-19(17(16)20)15-5-3-4-13(2)10-15/h3-11,18H,1-2H3. The zero-order valence-corrected chi connectivity index (χ0v) is 11.6. The van der Waals surface area contributed by atoms with Crippen LogP contribution in [0.15, 0.2) is 59.5 Å². The Hall–Kier alpha value is -2.55. The van der Waals surface area contributed by atoms with Gasteiger partial charge in [0.15, 0.2) is 0 Å². The Labute approximate surface area is 117 Å². The van der Waals surface area contributed by atoms with Crippen molar-refractivity contribution in [2.24, 2.45) is 0 Å². The molecule has 0 saturated heterocycles.